The fourth-order valence-electron chi connectivity index (χ4n) is 4.17. The highest BCUT2D eigenvalue weighted by atomic mass is 35.5. The largest absolute Gasteiger partial charge is 0.330 e. The van der Waals surface area contributed by atoms with E-state index < -0.39 is 0 Å². The molecule has 2 heterocycles. The van der Waals surface area contributed by atoms with Crippen LogP contribution in [-0.4, -0.2) is 41.2 Å². The van der Waals surface area contributed by atoms with Gasteiger partial charge in [-0.15, -0.1) is 17.9 Å². The first-order valence-corrected chi connectivity index (χ1v) is 12.8. The molecule has 1 aromatic carbocycles. The Bertz CT molecular complexity index is 959. The zero-order valence-corrected chi connectivity index (χ0v) is 20.8. The molecule has 1 aromatic heterocycles. The highest BCUT2D eigenvalue weighted by Gasteiger charge is 2.34. The fraction of sp³-hybridized carbons (Fsp3) is 0.440. The van der Waals surface area contributed by atoms with Crippen LogP contribution in [0.5, 0.6) is 0 Å². The summed E-state index contributed by atoms with van der Waals surface area (Å²) in [5, 5.41) is 3.15. The molecule has 1 aliphatic rings. The number of fused-ring (bicyclic) bond motifs is 1. The van der Waals surface area contributed by atoms with Gasteiger partial charge in [-0.2, -0.15) is 0 Å². The Kier molecular flexibility index (Phi) is 9.21. The zero-order valence-electron chi connectivity index (χ0n) is 18.5. The van der Waals surface area contributed by atoms with Gasteiger partial charge in [-0.3, -0.25) is 9.59 Å². The van der Waals surface area contributed by atoms with Crippen molar-refractivity contribution < 1.29 is 9.59 Å². The van der Waals surface area contributed by atoms with Crippen LogP contribution in [-0.2, 0) is 16.0 Å². The lowest BCUT2D eigenvalue weighted by Gasteiger charge is -2.38. The number of rotatable bonds is 10. The van der Waals surface area contributed by atoms with Crippen molar-refractivity contribution in [3.05, 3.63) is 68.3 Å². The van der Waals surface area contributed by atoms with Crippen LogP contribution < -0.4 is 0 Å². The molecule has 3 rings (SSSR count). The van der Waals surface area contributed by atoms with Crippen molar-refractivity contribution in [2.75, 3.05) is 19.6 Å². The standard InChI is InChI=1S/C25H30Cl2N2O2S/c1-3-5-6-7-8-23(30)28(13-4-2)17-24(31)29-14-11-22-20(12-15-32-22)25(29)19-10-9-18(26)16-21(19)27/h4,9-10,12,15-16,25H,2-3,5-8,11,13-14,17H2,1H3. The van der Waals surface area contributed by atoms with E-state index in [2.05, 4.69) is 24.9 Å². The van der Waals surface area contributed by atoms with Crippen LogP contribution in [0.25, 0.3) is 0 Å². The molecule has 0 spiro atoms. The van der Waals surface area contributed by atoms with Crippen LogP contribution in [0.4, 0.5) is 0 Å². The molecule has 0 aliphatic carbocycles. The molecule has 1 aliphatic heterocycles. The van der Waals surface area contributed by atoms with Crippen LogP contribution in [0.3, 0.4) is 0 Å². The number of benzene rings is 1. The fourth-order valence-corrected chi connectivity index (χ4v) is 5.58. The third-order valence-electron chi connectivity index (χ3n) is 5.82. The molecule has 1 atom stereocenters. The number of thiophene rings is 1. The van der Waals surface area contributed by atoms with E-state index in [9.17, 15) is 9.59 Å². The number of nitrogens with zero attached hydrogens (tertiary/aromatic N) is 2. The maximum absolute atomic E-state index is 13.5. The van der Waals surface area contributed by atoms with Gasteiger partial charge in [-0.25, -0.2) is 0 Å². The summed E-state index contributed by atoms with van der Waals surface area (Å²) >= 11 is 14.4. The van der Waals surface area contributed by atoms with E-state index in [-0.39, 0.29) is 24.4 Å². The molecule has 2 amide bonds. The number of carbonyl (C=O) groups excluding carboxylic acids is 2. The smallest absolute Gasteiger partial charge is 0.243 e. The summed E-state index contributed by atoms with van der Waals surface area (Å²) in [5.74, 6) is -0.0784. The summed E-state index contributed by atoms with van der Waals surface area (Å²) in [4.78, 5) is 31.0. The summed E-state index contributed by atoms with van der Waals surface area (Å²) in [7, 11) is 0. The van der Waals surface area contributed by atoms with Gasteiger partial charge in [-0.05, 0) is 47.5 Å². The molecule has 0 bridgehead atoms. The van der Waals surface area contributed by atoms with Crippen LogP contribution in [0.2, 0.25) is 10.0 Å². The Morgan fingerprint density at radius 1 is 1.22 bits per heavy atom. The molecule has 32 heavy (non-hydrogen) atoms. The zero-order chi connectivity index (χ0) is 23.1. The Hall–Kier alpha value is -1.82. The Morgan fingerprint density at radius 2 is 2.03 bits per heavy atom. The second-order valence-corrected chi connectivity index (χ2v) is 9.92. The molecule has 4 nitrogen and oxygen atoms in total. The maximum Gasteiger partial charge on any atom is 0.243 e. The van der Waals surface area contributed by atoms with Crippen LogP contribution in [0.15, 0.2) is 42.3 Å². The normalized spacial score (nSPS) is 15.3. The second kappa shape index (κ2) is 11.9. The van der Waals surface area contributed by atoms with Crippen LogP contribution in [0, 0.1) is 0 Å². The van der Waals surface area contributed by atoms with Gasteiger partial charge >= 0.3 is 0 Å². The molecule has 172 valence electrons. The number of hydrogen-bond acceptors (Lipinski definition) is 3. The van der Waals surface area contributed by atoms with Gasteiger partial charge in [0, 0.05) is 34.4 Å². The lowest BCUT2D eigenvalue weighted by atomic mass is 9.93. The third kappa shape index (κ3) is 5.94. The third-order valence-corrected chi connectivity index (χ3v) is 7.37. The average Bonchev–Trinajstić information content (AvgIpc) is 3.25. The summed E-state index contributed by atoms with van der Waals surface area (Å²) < 4.78 is 0. The van der Waals surface area contributed by atoms with Crippen LogP contribution >= 0.6 is 34.5 Å². The minimum Gasteiger partial charge on any atom is -0.330 e. The molecule has 0 saturated heterocycles. The van der Waals surface area contributed by atoms with Crippen molar-refractivity contribution in [2.24, 2.45) is 0 Å². The second-order valence-electron chi connectivity index (χ2n) is 8.08. The molecule has 0 radical (unpaired) electrons. The topological polar surface area (TPSA) is 40.6 Å². The van der Waals surface area contributed by atoms with Crippen molar-refractivity contribution >= 4 is 46.4 Å². The Labute approximate surface area is 204 Å². The van der Waals surface area contributed by atoms with Crippen molar-refractivity contribution in [1.29, 1.82) is 0 Å². The minimum absolute atomic E-state index is 0.00339. The summed E-state index contributed by atoms with van der Waals surface area (Å²) in [6.45, 7) is 6.91. The number of carbonyl (C=O) groups is 2. The number of halogens is 2. The first kappa shape index (κ1) is 24.8. The lowest BCUT2D eigenvalue weighted by molar-refractivity contribution is -0.141. The van der Waals surface area contributed by atoms with Gasteiger partial charge in [0.2, 0.25) is 11.8 Å². The van der Waals surface area contributed by atoms with Crippen molar-refractivity contribution in [3.8, 4) is 0 Å². The van der Waals surface area contributed by atoms with Crippen LogP contribution in [0.1, 0.15) is 61.1 Å². The van der Waals surface area contributed by atoms with Gasteiger partial charge in [0.05, 0.1) is 6.04 Å². The first-order chi connectivity index (χ1) is 15.5. The molecule has 0 N–H and O–H groups in total. The first-order valence-electron chi connectivity index (χ1n) is 11.2. The predicted molar refractivity (Wildman–Crippen MR) is 134 cm³/mol. The molecule has 0 saturated carbocycles. The number of hydrogen-bond donors (Lipinski definition) is 0. The molecule has 2 aromatic rings. The summed E-state index contributed by atoms with van der Waals surface area (Å²) in [5.41, 5.74) is 1.95. The van der Waals surface area contributed by atoms with E-state index >= 15 is 0 Å². The monoisotopic (exact) mass is 492 g/mol. The van der Waals surface area contributed by atoms with E-state index in [1.54, 1.807) is 34.4 Å². The summed E-state index contributed by atoms with van der Waals surface area (Å²) in [6, 6.07) is 7.19. The van der Waals surface area contributed by atoms with Crippen molar-refractivity contribution in [2.45, 2.75) is 51.5 Å². The number of amides is 2. The number of unbranched alkanes of at least 4 members (excludes halogenated alkanes) is 3. The summed E-state index contributed by atoms with van der Waals surface area (Å²) in [6.07, 6.45) is 7.06. The van der Waals surface area contributed by atoms with E-state index in [1.807, 2.05) is 11.0 Å². The maximum atomic E-state index is 13.5. The highest BCUT2D eigenvalue weighted by molar-refractivity contribution is 7.10. The predicted octanol–water partition coefficient (Wildman–Crippen LogP) is 6.51. The van der Waals surface area contributed by atoms with Gasteiger partial charge in [-0.1, -0.05) is 61.5 Å². The minimum atomic E-state index is -0.285. The van der Waals surface area contributed by atoms with Gasteiger partial charge < -0.3 is 9.80 Å². The Morgan fingerprint density at radius 3 is 2.75 bits per heavy atom. The Balaban J connectivity index is 1.81. The van der Waals surface area contributed by atoms with Gasteiger partial charge in [0.25, 0.3) is 0 Å². The van der Waals surface area contributed by atoms with E-state index in [4.69, 9.17) is 23.2 Å². The molecule has 7 heteroatoms. The highest BCUT2D eigenvalue weighted by Crippen LogP contribution is 2.41. The van der Waals surface area contributed by atoms with E-state index in [0.29, 0.717) is 29.6 Å². The quantitative estimate of drug-likeness (QED) is 0.280. The van der Waals surface area contributed by atoms with E-state index in [1.165, 1.54) is 4.88 Å². The molecule has 1 unspecified atom stereocenters. The van der Waals surface area contributed by atoms with Gasteiger partial charge in [0.15, 0.2) is 0 Å². The average molecular weight is 494 g/mol. The molecular weight excluding hydrogens is 463 g/mol. The van der Waals surface area contributed by atoms with Gasteiger partial charge in [0.1, 0.15) is 6.54 Å². The van der Waals surface area contributed by atoms with Crippen molar-refractivity contribution in [3.63, 3.8) is 0 Å². The lowest BCUT2D eigenvalue weighted by Crippen LogP contribution is -2.46. The van der Waals surface area contributed by atoms with Crippen molar-refractivity contribution in [1.82, 2.24) is 9.80 Å². The molecule has 0 fully saturated rings. The van der Waals surface area contributed by atoms with E-state index in [0.717, 1.165) is 43.2 Å². The molecular formula is C25H30Cl2N2O2S. The SMILES string of the molecule is C=CCN(CC(=O)N1CCc2sccc2C1c1ccc(Cl)cc1Cl)C(=O)CCCCCC.